The molecule has 2 heterocycles. The van der Waals surface area contributed by atoms with Crippen molar-refractivity contribution in [1.82, 2.24) is 9.21 Å². The fourth-order valence-corrected chi connectivity index (χ4v) is 5.98. The Balaban J connectivity index is 1.35. The first-order chi connectivity index (χ1) is 12.5. The Morgan fingerprint density at radius 3 is 2.23 bits per heavy atom. The van der Waals surface area contributed by atoms with Crippen molar-refractivity contribution in [3.8, 4) is 0 Å². The second-order valence-corrected chi connectivity index (χ2v) is 9.96. The van der Waals surface area contributed by atoms with E-state index < -0.39 is 10.0 Å². The van der Waals surface area contributed by atoms with Crippen LogP contribution in [0.25, 0.3) is 0 Å². The maximum atomic E-state index is 13.0. The van der Waals surface area contributed by atoms with E-state index in [2.05, 4.69) is 11.9 Å². The molecule has 26 heavy (non-hydrogen) atoms. The minimum Gasteiger partial charge on any atom is -0.375 e. The summed E-state index contributed by atoms with van der Waals surface area (Å²) in [5, 5.41) is 0. The molecular formula is C20H30N2O3S. The number of sulfonamides is 1. The number of rotatable bonds is 4. The number of hydrogen-bond acceptors (Lipinski definition) is 4. The summed E-state index contributed by atoms with van der Waals surface area (Å²) in [6.07, 6.45) is 7.55. The van der Waals surface area contributed by atoms with Crippen molar-refractivity contribution in [2.24, 2.45) is 0 Å². The second-order valence-electron chi connectivity index (χ2n) is 8.03. The van der Waals surface area contributed by atoms with Crippen molar-refractivity contribution < 1.29 is 13.2 Å². The zero-order valence-corrected chi connectivity index (χ0v) is 16.5. The summed E-state index contributed by atoms with van der Waals surface area (Å²) >= 11 is 0. The van der Waals surface area contributed by atoms with E-state index in [1.165, 1.54) is 11.1 Å². The van der Waals surface area contributed by atoms with Crippen LogP contribution < -0.4 is 0 Å². The number of fused-ring (bicyclic) bond motifs is 1. The highest BCUT2D eigenvalue weighted by atomic mass is 32.2. The largest absolute Gasteiger partial charge is 0.375 e. The van der Waals surface area contributed by atoms with Crippen LogP contribution in [0.4, 0.5) is 0 Å². The first kappa shape index (κ1) is 18.4. The Kier molecular flexibility index (Phi) is 5.37. The fourth-order valence-electron chi connectivity index (χ4n) is 4.46. The first-order valence-corrected chi connectivity index (χ1v) is 11.4. The number of nitrogens with zero attached hydrogens (tertiary/aromatic N) is 2. The lowest BCUT2D eigenvalue weighted by molar-refractivity contribution is -0.0564. The topological polar surface area (TPSA) is 49.9 Å². The van der Waals surface area contributed by atoms with Crippen LogP contribution in [-0.2, 0) is 27.6 Å². The van der Waals surface area contributed by atoms with E-state index in [1.54, 1.807) is 10.4 Å². The third kappa shape index (κ3) is 3.84. The third-order valence-electron chi connectivity index (χ3n) is 6.16. The molecule has 5 nitrogen and oxygen atoms in total. The zero-order valence-electron chi connectivity index (χ0n) is 15.7. The van der Waals surface area contributed by atoms with Crippen LogP contribution in [0, 0.1) is 0 Å². The zero-order chi connectivity index (χ0) is 18.1. The molecule has 0 N–H and O–H groups in total. The average molecular weight is 379 g/mol. The van der Waals surface area contributed by atoms with Crippen LogP contribution >= 0.6 is 0 Å². The molecule has 0 unspecified atom stereocenters. The standard InChI is InChI=1S/C20H30N2O3S/c1-21-11-7-18(8-12-21)25-19-9-13-22(14-10-19)26(23,24)20-6-5-16-3-2-4-17(16)15-20/h5-6,15,18-19H,2-4,7-14H2,1H3. The molecule has 1 aromatic carbocycles. The highest BCUT2D eigenvalue weighted by Crippen LogP contribution is 2.28. The van der Waals surface area contributed by atoms with Gasteiger partial charge in [0.05, 0.1) is 17.1 Å². The van der Waals surface area contributed by atoms with Gasteiger partial charge >= 0.3 is 0 Å². The molecule has 1 aromatic rings. The monoisotopic (exact) mass is 378 g/mol. The van der Waals surface area contributed by atoms with Crippen LogP contribution in [-0.4, -0.2) is 63.1 Å². The summed E-state index contributed by atoms with van der Waals surface area (Å²) in [4.78, 5) is 2.80. The van der Waals surface area contributed by atoms with Gasteiger partial charge in [0.2, 0.25) is 10.0 Å². The van der Waals surface area contributed by atoms with E-state index in [-0.39, 0.29) is 6.10 Å². The van der Waals surface area contributed by atoms with Gasteiger partial charge in [0, 0.05) is 26.2 Å². The van der Waals surface area contributed by atoms with E-state index in [1.807, 2.05) is 12.1 Å². The molecule has 0 radical (unpaired) electrons. The van der Waals surface area contributed by atoms with E-state index in [0.717, 1.165) is 58.0 Å². The Labute approximate surface area is 157 Å². The van der Waals surface area contributed by atoms with Crippen molar-refractivity contribution in [3.63, 3.8) is 0 Å². The van der Waals surface area contributed by atoms with Crippen LogP contribution in [0.15, 0.2) is 23.1 Å². The molecular weight excluding hydrogens is 348 g/mol. The summed E-state index contributed by atoms with van der Waals surface area (Å²) in [6, 6.07) is 5.70. The molecule has 2 aliphatic heterocycles. The number of benzene rings is 1. The van der Waals surface area contributed by atoms with Crippen molar-refractivity contribution in [1.29, 1.82) is 0 Å². The van der Waals surface area contributed by atoms with E-state index in [9.17, 15) is 8.42 Å². The number of ether oxygens (including phenoxy) is 1. The van der Waals surface area contributed by atoms with Crippen LogP contribution in [0.3, 0.4) is 0 Å². The molecule has 0 atom stereocenters. The molecule has 2 fully saturated rings. The van der Waals surface area contributed by atoms with Crippen LogP contribution in [0.5, 0.6) is 0 Å². The van der Waals surface area contributed by atoms with Crippen molar-refractivity contribution in [2.45, 2.75) is 62.0 Å². The third-order valence-corrected chi connectivity index (χ3v) is 8.05. The molecule has 0 spiro atoms. The van der Waals surface area contributed by atoms with Gasteiger partial charge in [-0.25, -0.2) is 8.42 Å². The minimum atomic E-state index is -3.38. The molecule has 0 bridgehead atoms. The lowest BCUT2D eigenvalue weighted by atomic mass is 10.1. The SMILES string of the molecule is CN1CCC(OC2CCN(S(=O)(=O)c3ccc4c(c3)CCC4)CC2)CC1. The van der Waals surface area contributed by atoms with Gasteiger partial charge in [-0.2, -0.15) is 4.31 Å². The minimum absolute atomic E-state index is 0.204. The lowest BCUT2D eigenvalue weighted by Gasteiger charge is -2.36. The normalized spacial score (nSPS) is 24.0. The molecule has 0 amide bonds. The van der Waals surface area contributed by atoms with Gasteiger partial charge in [-0.1, -0.05) is 6.07 Å². The van der Waals surface area contributed by atoms with Gasteiger partial charge in [0.15, 0.2) is 0 Å². The Hall–Kier alpha value is -0.950. The molecule has 3 aliphatic rings. The Morgan fingerprint density at radius 1 is 0.923 bits per heavy atom. The highest BCUT2D eigenvalue weighted by molar-refractivity contribution is 7.89. The van der Waals surface area contributed by atoms with Gasteiger partial charge in [0.25, 0.3) is 0 Å². The van der Waals surface area contributed by atoms with Gasteiger partial charge < -0.3 is 9.64 Å². The number of likely N-dealkylation sites (tertiary alicyclic amines) is 1. The average Bonchev–Trinajstić information content (AvgIpc) is 3.12. The quantitative estimate of drug-likeness (QED) is 0.807. The van der Waals surface area contributed by atoms with Gasteiger partial charge in [-0.05, 0) is 75.3 Å². The maximum Gasteiger partial charge on any atom is 0.243 e. The maximum absolute atomic E-state index is 13.0. The van der Waals surface area contributed by atoms with E-state index >= 15 is 0 Å². The lowest BCUT2D eigenvalue weighted by Crippen LogP contribution is -2.43. The predicted octanol–water partition coefficient (Wildman–Crippen LogP) is 2.44. The predicted molar refractivity (Wildman–Crippen MR) is 102 cm³/mol. The second kappa shape index (κ2) is 7.58. The molecule has 4 rings (SSSR count). The van der Waals surface area contributed by atoms with Crippen LogP contribution in [0.1, 0.15) is 43.2 Å². The fraction of sp³-hybridized carbons (Fsp3) is 0.700. The summed E-state index contributed by atoms with van der Waals surface area (Å²) in [6.45, 7) is 3.32. The Morgan fingerprint density at radius 2 is 1.54 bits per heavy atom. The van der Waals surface area contributed by atoms with Crippen molar-refractivity contribution in [3.05, 3.63) is 29.3 Å². The van der Waals surface area contributed by atoms with Crippen molar-refractivity contribution >= 4 is 10.0 Å². The molecule has 0 saturated carbocycles. The number of piperidine rings is 2. The van der Waals surface area contributed by atoms with Crippen LogP contribution in [0.2, 0.25) is 0 Å². The number of hydrogen-bond donors (Lipinski definition) is 0. The first-order valence-electron chi connectivity index (χ1n) is 9.98. The van der Waals surface area contributed by atoms with Gasteiger partial charge in [-0.15, -0.1) is 0 Å². The molecule has 144 valence electrons. The molecule has 0 aromatic heterocycles. The highest BCUT2D eigenvalue weighted by Gasteiger charge is 2.31. The van der Waals surface area contributed by atoms with Gasteiger partial charge in [-0.3, -0.25) is 0 Å². The van der Waals surface area contributed by atoms with E-state index in [0.29, 0.717) is 24.1 Å². The summed E-state index contributed by atoms with van der Waals surface area (Å²) in [5.74, 6) is 0. The summed E-state index contributed by atoms with van der Waals surface area (Å²) in [5.41, 5.74) is 2.53. The smallest absolute Gasteiger partial charge is 0.243 e. The Bertz CT molecular complexity index is 733. The number of aryl methyl sites for hydroxylation is 2. The summed E-state index contributed by atoms with van der Waals surface area (Å²) in [7, 11) is -1.22. The van der Waals surface area contributed by atoms with Gasteiger partial charge in [0.1, 0.15) is 0 Å². The summed E-state index contributed by atoms with van der Waals surface area (Å²) < 4.78 is 33.9. The molecule has 1 aliphatic carbocycles. The molecule has 2 saturated heterocycles. The van der Waals surface area contributed by atoms with Crippen molar-refractivity contribution in [2.75, 3.05) is 33.2 Å². The molecule has 6 heteroatoms. The van der Waals surface area contributed by atoms with E-state index in [4.69, 9.17) is 4.74 Å².